The number of amides is 1. The van der Waals surface area contributed by atoms with E-state index in [0.29, 0.717) is 11.3 Å². The smallest absolute Gasteiger partial charge is 0.308 e. The number of halogens is 1. The van der Waals surface area contributed by atoms with Gasteiger partial charge in [0.2, 0.25) is 5.60 Å². The molecule has 1 atom stereocenters. The topological polar surface area (TPSA) is 88.0 Å². The van der Waals surface area contributed by atoms with Gasteiger partial charge in [-0.05, 0) is 30.5 Å². The number of aliphatic carboxylic acids is 1. The third-order valence-corrected chi connectivity index (χ3v) is 4.75. The van der Waals surface area contributed by atoms with Crippen LogP contribution in [0.5, 0.6) is 0 Å². The Labute approximate surface area is 145 Å². The van der Waals surface area contributed by atoms with Crippen molar-refractivity contribution in [3.63, 3.8) is 0 Å². The Bertz CT molecular complexity index is 683. The molecule has 1 unspecified atom stereocenters. The van der Waals surface area contributed by atoms with Gasteiger partial charge in [-0.25, -0.2) is 4.39 Å². The predicted molar refractivity (Wildman–Crippen MR) is 88.6 cm³/mol. The van der Waals surface area contributed by atoms with E-state index in [2.05, 4.69) is 10.5 Å². The Balaban J connectivity index is 1.75. The molecule has 0 saturated heterocycles. The highest BCUT2D eigenvalue weighted by Crippen LogP contribution is 2.31. The van der Waals surface area contributed by atoms with Crippen LogP contribution >= 0.6 is 0 Å². The van der Waals surface area contributed by atoms with Crippen LogP contribution in [0.15, 0.2) is 29.4 Å². The lowest BCUT2D eigenvalue weighted by Gasteiger charge is -2.29. The summed E-state index contributed by atoms with van der Waals surface area (Å²) in [6.45, 7) is 0. The van der Waals surface area contributed by atoms with Gasteiger partial charge in [-0.15, -0.1) is 0 Å². The van der Waals surface area contributed by atoms with Crippen LogP contribution in [0.1, 0.15) is 50.5 Å². The number of nitrogens with zero attached hydrogens (tertiary/aromatic N) is 1. The summed E-state index contributed by atoms with van der Waals surface area (Å²) in [6.07, 6.45) is 4.61. The molecule has 1 aliphatic carbocycles. The van der Waals surface area contributed by atoms with Gasteiger partial charge in [0.25, 0.3) is 5.91 Å². The van der Waals surface area contributed by atoms with E-state index < -0.39 is 23.9 Å². The normalized spacial score (nSPS) is 23.6. The average molecular weight is 348 g/mol. The summed E-state index contributed by atoms with van der Waals surface area (Å²) in [5.41, 5.74) is -0.494. The van der Waals surface area contributed by atoms with E-state index in [-0.39, 0.29) is 18.3 Å². The lowest BCUT2D eigenvalue weighted by Crippen LogP contribution is -2.52. The second kappa shape index (κ2) is 7.21. The zero-order valence-corrected chi connectivity index (χ0v) is 13.8. The minimum absolute atomic E-state index is 0.0451. The molecule has 1 saturated carbocycles. The van der Waals surface area contributed by atoms with E-state index in [0.717, 1.165) is 32.1 Å². The summed E-state index contributed by atoms with van der Waals surface area (Å²) < 4.78 is 13.1. The van der Waals surface area contributed by atoms with Crippen molar-refractivity contribution in [3.05, 3.63) is 35.6 Å². The van der Waals surface area contributed by atoms with Crippen LogP contribution in [-0.2, 0) is 14.4 Å². The first kappa shape index (κ1) is 17.4. The second-order valence-electron chi connectivity index (χ2n) is 6.69. The fraction of sp³-hybridized carbons (Fsp3) is 0.500. The number of rotatable bonds is 5. The Hall–Kier alpha value is -2.44. The molecule has 1 aromatic rings. The molecule has 1 heterocycles. The Kier molecular flexibility index (Phi) is 5.01. The first-order valence-electron chi connectivity index (χ1n) is 8.52. The number of carbonyl (C=O) groups is 2. The number of carbonyl (C=O) groups excluding carboxylic acids is 1. The number of hydrogen-bond donors (Lipinski definition) is 2. The van der Waals surface area contributed by atoms with Crippen LogP contribution < -0.4 is 5.32 Å². The van der Waals surface area contributed by atoms with Crippen LogP contribution in [-0.4, -0.2) is 34.3 Å². The SMILES string of the molecule is O=C(O)CC1(C(=O)NC2CCCCC2)CC(c2ccc(F)cc2)=NO1. The molecule has 0 spiro atoms. The molecule has 2 N–H and O–H groups in total. The molecule has 134 valence electrons. The summed E-state index contributed by atoms with van der Waals surface area (Å²) in [6, 6.07) is 5.69. The largest absolute Gasteiger partial charge is 0.481 e. The zero-order chi connectivity index (χ0) is 17.9. The standard InChI is InChI=1S/C18H21FN2O4/c19-13-8-6-12(7-9-13)15-10-18(25-21-15,11-16(22)23)17(24)20-14-4-2-1-3-5-14/h6-9,14H,1-5,10-11H2,(H,20,24)(H,22,23). The maximum atomic E-state index is 13.1. The number of carboxylic acid groups (broad SMARTS) is 1. The molecule has 1 amide bonds. The van der Waals surface area contributed by atoms with Crippen molar-refractivity contribution in [2.75, 3.05) is 0 Å². The number of carboxylic acids is 1. The Morgan fingerprint density at radius 3 is 2.56 bits per heavy atom. The monoisotopic (exact) mass is 348 g/mol. The molecule has 7 heteroatoms. The van der Waals surface area contributed by atoms with E-state index in [1.54, 1.807) is 0 Å². The molecule has 25 heavy (non-hydrogen) atoms. The fourth-order valence-electron chi connectivity index (χ4n) is 3.38. The number of nitrogens with one attached hydrogen (secondary N) is 1. The van der Waals surface area contributed by atoms with Crippen LogP contribution in [0.25, 0.3) is 0 Å². The number of benzene rings is 1. The van der Waals surface area contributed by atoms with Gasteiger partial charge in [0.05, 0.1) is 12.1 Å². The molecular weight excluding hydrogens is 327 g/mol. The van der Waals surface area contributed by atoms with Crippen molar-refractivity contribution in [1.82, 2.24) is 5.32 Å². The van der Waals surface area contributed by atoms with E-state index in [1.165, 1.54) is 24.3 Å². The molecular formula is C18H21FN2O4. The van der Waals surface area contributed by atoms with Crippen LogP contribution in [0, 0.1) is 5.82 Å². The molecule has 2 aliphatic rings. The lowest BCUT2D eigenvalue weighted by atomic mass is 9.88. The summed E-state index contributed by atoms with van der Waals surface area (Å²) in [4.78, 5) is 29.4. The van der Waals surface area contributed by atoms with Gasteiger partial charge in [0.1, 0.15) is 5.82 Å². The Morgan fingerprint density at radius 1 is 1.24 bits per heavy atom. The van der Waals surface area contributed by atoms with Crippen molar-refractivity contribution < 1.29 is 23.9 Å². The first-order chi connectivity index (χ1) is 12.0. The maximum absolute atomic E-state index is 13.1. The number of oxime groups is 1. The fourth-order valence-corrected chi connectivity index (χ4v) is 3.38. The molecule has 0 aromatic heterocycles. The van der Waals surface area contributed by atoms with Gasteiger partial charge < -0.3 is 15.3 Å². The molecule has 3 rings (SSSR count). The quantitative estimate of drug-likeness (QED) is 0.856. The van der Waals surface area contributed by atoms with E-state index in [4.69, 9.17) is 4.84 Å². The zero-order valence-electron chi connectivity index (χ0n) is 13.8. The second-order valence-corrected chi connectivity index (χ2v) is 6.69. The summed E-state index contributed by atoms with van der Waals surface area (Å²) in [7, 11) is 0. The first-order valence-corrected chi connectivity index (χ1v) is 8.52. The number of hydrogen-bond acceptors (Lipinski definition) is 4. The van der Waals surface area contributed by atoms with Gasteiger partial charge in [-0.3, -0.25) is 9.59 Å². The van der Waals surface area contributed by atoms with Crippen molar-refractivity contribution in [3.8, 4) is 0 Å². The summed E-state index contributed by atoms with van der Waals surface area (Å²) >= 11 is 0. The van der Waals surface area contributed by atoms with Crippen molar-refractivity contribution >= 4 is 17.6 Å². The van der Waals surface area contributed by atoms with Crippen LogP contribution in [0.4, 0.5) is 4.39 Å². The predicted octanol–water partition coefficient (Wildman–Crippen LogP) is 2.61. The highest BCUT2D eigenvalue weighted by atomic mass is 19.1. The highest BCUT2D eigenvalue weighted by Gasteiger charge is 2.49. The van der Waals surface area contributed by atoms with Crippen molar-refractivity contribution in [2.24, 2.45) is 5.16 Å². The highest BCUT2D eigenvalue weighted by molar-refractivity contribution is 6.06. The van der Waals surface area contributed by atoms with Crippen LogP contribution in [0.3, 0.4) is 0 Å². The van der Waals surface area contributed by atoms with E-state index >= 15 is 0 Å². The van der Waals surface area contributed by atoms with E-state index in [1.807, 2.05) is 0 Å². The van der Waals surface area contributed by atoms with Gasteiger partial charge in [-0.2, -0.15) is 0 Å². The minimum atomic E-state index is -1.55. The summed E-state index contributed by atoms with van der Waals surface area (Å²) in [5.74, 6) is -1.95. The molecule has 6 nitrogen and oxygen atoms in total. The third-order valence-electron chi connectivity index (χ3n) is 4.75. The van der Waals surface area contributed by atoms with Gasteiger partial charge in [-0.1, -0.05) is 36.6 Å². The molecule has 1 aliphatic heterocycles. The third kappa shape index (κ3) is 3.97. The lowest BCUT2D eigenvalue weighted by molar-refractivity contribution is -0.156. The molecule has 1 fully saturated rings. The average Bonchev–Trinajstić information content (AvgIpc) is 3.01. The van der Waals surface area contributed by atoms with Crippen molar-refractivity contribution in [1.29, 1.82) is 0 Å². The van der Waals surface area contributed by atoms with Gasteiger partial charge >= 0.3 is 5.97 Å². The van der Waals surface area contributed by atoms with Crippen LogP contribution in [0.2, 0.25) is 0 Å². The van der Waals surface area contributed by atoms with Gasteiger partial charge in [0, 0.05) is 12.5 Å². The van der Waals surface area contributed by atoms with E-state index in [9.17, 15) is 19.1 Å². The molecule has 0 radical (unpaired) electrons. The molecule has 1 aromatic carbocycles. The van der Waals surface area contributed by atoms with Crippen molar-refractivity contribution in [2.45, 2.75) is 56.6 Å². The van der Waals surface area contributed by atoms with Gasteiger partial charge in [0.15, 0.2) is 0 Å². The Morgan fingerprint density at radius 2 is 1.92 bits per heavy atom. The summed E-state index contributed by atoms with van der Waals surface area (Å²) in [5, 5.41) is 16.1. The minimum Gasteiger partial charge on any atom is -0.481 e. The maximum Gasteiger partial charge on any atom is 0.308 e. The molecule has 0 bridgehead atoms.